The van der Waals surface area contributed by atoms with Gasteiger partial charge in [-0.2, -0.15) is 0 Å². The van der Waals surface area contributed by atoms with Gasteiger partial charge >= 0.3 is 0 Å². The average Bonchev–Trinajstić information content (AvgIpc) is 2.79. The molecule has 0 bridgehead atoms. The van der Waals surface area contributed by atoms with Crippen molar-refractivity contribution in [2.24, 2.45) is 0 Å². The number of amides is 1. The minimum Gasteiger partial charge on any atom is -0.497 e. The number of rotatable bonds is 10. The summed E-state index contributed by atoms with van der Waals surface area (Å²) >= 11 is 0. The molecule has 166 valence electrons. The van der Waals surface area contributed by atoms with E-state index in [0.29, 0.717) is 19.6 Å². The predicted octanol–water partition coefficient (Wildman–Crippen LogP) is 2.83. The molecule has 1 amide bonds. The largest absolute Gasteiger partial charge is 0.497 e. The molecule has 2 fully saturated rings. The van der Waals surface area contributed by atoms with Crippen molar-refractivity contribution < 1.29 is 14.3 Å². The minimum absolute atomic E-state index is 0.0866. The van der Waals surface area contributed by atoms with E-state index in [9.17, 15) is 4.79 Å². The molecule has 0 spiro atoms. The Kier molecular flexibility index (Phi) is 8.73. The first kappa shape index (κ1) is 22.8. The molecule has 30 heavy (non-hydrogen) atoms. The highest BCUT2D eigenvalue weighted by Crippen LogP contribution is 2.33. The van der Waals surface area contributed by atoms with Gasteiger partial charge in [0.05, 0.1) is 26.9 Å². The summed E-state index contributed by atoms with van der Waals surface area (Å²) in [5, 5.41) is 3.27. The standard InChI is InChI=1S/C24H37N3O3/c1-3-13-26(18-21-7-9-22(29-2)10-8-21)19-23(28)25-20-24(11-5-4-6-12-24)27-14-16-30-17-15-27/h3,7-10H,1,4-6,11-20H2,2H3,(H,25,28). The van der Waals surface area contributed by atoms with Gasteiger partial charge in [0.2, 0.25) is 5.91 Å². The molecule has 1 aromatic carbocycles. The lowest BCUT2D eigenvalue weighted by Crippen LogP contribution is -2.60. The lowest BCUT2D eigenvalue weighted by molar-refractivity contribution is -0.123. The van der Waals surface area contributed by atoms with E-state index < -0.39 is 0 Å². The van der Waals surface area contributed by atoms with Crippen LogP contribution in [0.4, 0.5) is 0 Å². The summed E-state index contributed by atoms with van der Waals surface area (Å²) in [4.78, 5) is 17.5. The van der Waals surface area contributed by atoms with E-state index in [1.54, 1.807) is 7.11 Å². The highest BCUT2D eigenvalue weighted by molar-refractivity contribution is 5.78. The number of morpholine rings is 1. The van der Waals surface area contributed by atoms with Crippen LogP contribution in [0.1, 0.15) is 37.7 Å². The van der Waals surface area contributed by atoms with Crippen molar-refractivity contribution in [1.29, 1.82) is 0 Å². The number of methoxy groups -OCH3 is 1. The fourth-order valence-electron chi connectivity index (χ4n) is 4.73. The molecule has 1 aliphatic heterocycles. The molecule has 3 rings (SSSR count). The number of carbonyl (C=O) groups excluding carboxylic acids is 1. The smallest absolute Gasteiger partial charge is 0.234 e. The SMILES string of the molecule is C=CCN(CC(=O)NCC1(N2CCOCC2)CCCCC1)Cc1ccc(OC)cc1. The zero-order valence-corrected chi connectivity index (χ0v) is 18.4. The first-order valence-corrected chi connectivity index (χ1v) is 11.2. The average molecular weight is 416 g/mol. The van der Waals surface area contributed by atoms with Crippen LogP contribution in [0.3, 0.4) is 0 Å². The molecular formula is C24H37N3O3. The van der Waals surface area contributed by atoms with E-state index in [1.807, 2.05) is 30.3 Å². The van der Waals surface area contributed by atoms with Crippen LogP contribution in [0.2, 0.25) is 0 Å². The van der Waals surface area contributed by atoms with Gasteiger partial charge < -0.3 is 14.8 Å². The van der Waals surface area contributed by atoms with Crippen molar-refractivity contribution >= 4 is 5.91 Å². The Morgan fingerprint density at radius 3 is 2.57 bits per heavy atom. The normalized spacial score (nSPS) is 19.4. The predicted molar refractivity (Wildman–Crippen MR) is 120 cm³/mol. The van der Waals surface area contributed by atoms with E-state index in [-0.39, 0.29) is 11.4 Å². The molecule has 0 radical (unpaired) electrons. The molecule has 1 aromatic rings. The van der Waals surface area contributed by atoms with Crippen molar-refractivity contribution in [2.45, 2.75) is 44.2 Å². The number of hydrogen-bond acceptors (Lipinski definition) is 5. The van der Waals surface area contributed by atoms with Crippen LogP contribution in [0.25, 0.3) is 0 Å². The summed E-state index contributed by atoms with van der Waals surface area (Å²) in [7, 11) is 1.67. The van der Waals surface area contributed by atoms with E-state index in [1.165, 1.54) is 19.3 Å². The minimum atomic E-state index is 0.0866. The number of carbonyl (C=O) groups is 1. The van der Waals surface area contributed by atoms with Crippen LogP contribution in [0.5, 0.6) is 5.75 Å². The van der Waals surface area contributed by atoms with Crippen LogP contribution < -0.4 is 10.1 Å². The Labute approximate surface area is 181 Å². The molecule has 1 saturated carbocycles. The van der Waals surface area contributed by atoms with E-state index in [0.717, 1.165) is 57.0 Å². The third kappa shape index (κ3) is 6.30. The number of benzene rings is 1. The zero-order chi connectivity index (χ0) is 21.2. The van der Waals surface area contributed by atoms with Crippen molar-refractivity contribution in [3.8, 4) is 5.75 Å². The maximum atomic E-state index is 12.8. The summed E-state index contributed by atoms with van der Waals surface area (Å²) in [6.07, 6.45) is 7.97. The van der Waals surface area contributed by atoms with Crippen LogP contribution in [-0.4, -0.2) is 74.3 Å². The fraction of sp³-hybridized carbons (Fsp3) is 0.625. The Morgan fingerprint density at radius 1 is 1.23 bits per heavy atom. The lowest BCUT2D eigenvalue weighted by Gasteiger charge is -2.48. The number of nitrogens with one attached hydrogen (secondary N) is 1. The molecule has 1 heterocycles. The Morgan fingerprint density at radius 2 is 1.93 bits per heavy atom. The van der Waals surface area contributed by atoms with Gasteiger partial charge in [0, 0.05) is 38.3 Å². The molecule has 0 unspecified atom stereocenters. The van der Waals surface area contributed by atoms with Crippen LogP contribution >= 0.6 is 0 Å². The van der Waals surface area contributed by atoms with Crippen LogP contribution in [0, 0.1) is 0 Å². The van der Waals surface area contributed by atoms with Crippen LogP contribution in [-0.2, 0) is 16.1 Å². The maximum absolute atomic E-state index is 12.8. The zero-order valence-electron chi connectivity index (χ0n) is 18.4. The van der Waals surface area contributed by atoms with Gasteiger partial charge in [-0.05, 0) is 30.5 Å². The summed E-state index contributed by atoms with van der Waals surface area (Å²) in [5.41, 5.74) is 1.25. The number of hydrogen-bond donors (Lipinski definition) is 1. The van der Waals surface area contributed by atoms with Gasteiger partial charge in [0.25, 0.3) is 0 Å². The maximum Gasteiger partial charge on any atom is 0.234 e. The molecule has 1 aliphatic carbocycles. The Bertz CT molecular complexity index is 665. The summed E-state index contributed by atoms with van der Waals surface area (Å²) in [6.45, 7) is 9.87. The third-order valence-corrected chi connectivity index (χ3v) is 6.40. The Hall–Kier alpha value is -1.89. The number of ether oxygens (including phenoxy) is 2. The van der Waals surface area contributed by atoms with E-state index in [2.05, 4.69) is 21.7 Å². The van der Waals surface area contributed by atoms with Gasteiger partial charge in [-0.3, -0.25) is 14.6 Å². The van der Waals surface area contributed by atoms with Gasteiger partial charge in [-0.25, -0.2) is 0 Å². The molecule has 1 saturated heterocycles. The van der Waals surface area contributed by atoms with Crippen molar-refractivity contribution in [3.63, 3.8) is 0 Å². The quantitative estimate of drug-likeness (QED) is 0.596. The third-order valence-electron chi connectivity index (χ3n) is 6.40. The van der Waals surface area contributed by atoms with Gasteiger partial charge in [0.1, 0.15) is 5.75 Å². The highest BCUT2D eigenvalue weighted by Gasteiger charge is 2.38. The molecule has 2 aliphatic rings. The first-order chi connectivity index (χ1) is 14.6. The molecular weight excluding hydrogens is 378 g/mol. The second-order valence-electron chi connectivity index (χ2n) is 8.47. The molecule has 0 atom stereocenters. The molecule has 1 N–H and O–H groups in total. The summed E-state index contributed by atoms with van der Waals surface area (Å²) in [6, 6.07) is 8.00. The lowest BCUT2D eigenvalue weighted by atomic mass is 9.79. The second-order valence-corrected chi connectivity index (χ2v) is 8.47. The molecule has 0 aromatic heterocycles. The van der Waals surface area contributed by atoms with Gasteiger partial charge in [0.15, 0.2) is 0 Å². The molecule has 6 heteroatoms. The van der Waals surface area contributed by atoms with Crippen molar-refractivity contribution in [3.05, 3.63) is 42.5 Å². The second kappa shape index (κ2) is 11.5. The van der Waals surface area contributed by atoms with Crippen molar-refractivity contribution in [2.75, 3.05) is 53.0 Å². The fourth-order valence-corrected chi connectivity index (χ4v) is 4.73. The Balaban J connectivity index is 1.56. The van der Waals surface area contributed by atoms with Crippen molar-refractivity contribution in [1.82, 2.24) is 15.1 Å². The van der Waals surface area contributed by atoms with Gasteiger partial charge in [-0.15, -0.1) is 6.58 Å². The summed E-state index contributed by atoms with van der Waals surface area (Å²) in [5.74, 6) is 0.927. The highest BCUT2D eigenvalue weighted by atomic mass is 16.5. The van der Waals surface area contributed by atoms with Gasteiger partial charge in [-0.1, -0.05) is 37.5 Å². The van der Waals surface area contributed by atoms with Crippen LogP contribution in [0.15, 0.2) is 36.9 Å². The number of nitrogens with zero attached hydrogens (tertiary/aromatic N) is 2. The first-order valence-electron chi connectivity index (χ1n) is 11.2. The van der Waals surface area contributed by atoms with E-state index >= 15 is 0 Å². The monoisotopic (exact) mass is 415 g/mol. The summed E-state index contributed by atoms with van der Waals surface area (Å²) < 4.78 is 10.8. The molecule has 6 nitrogen and oxygen atoms in total. The topological polar surface area (TPSA) is 54.0 Å². The van der Waals surface area contributed by atoms with E-state index in [4.69, 9.17) is 9.47 Å².